The van der Waals surface area contributed by atoms with E-state index in [1.807, 2.05) is 29.2 Å². The lowest BCUT2D eigenvalue weighted by Crippen LogP contribution is -2.43. The van der Waals surface area contributed by atoms with Crippen LogP contribution < -0.4 is 5.32 Å². The van der Waals surface area contributed by atoms with Gasteiger partial charge in [0.15, 0.2) is 0 Å². The van der Waals surface area contributed by atoms with Gasteiger partial charge in [-0.2, -0.15) is 0 Å². The normalized spacial score (nSPS) is 15.1. The van der Waals surface area contributed by atoms with Crippen molar-refractivity contribution in [2.45, 2.75) is 50.3 Å². The molecule has 1 aromatic carbocycles. The lowest BCUT2D eigenvalue weighted by Gasteiger charge is -2.31. The molecule has 0 saturated carbocycles. The number of thioether (sulfide) groups is 1. The number of carbonyl (C=O) groups excluding carboxylic acids is 2. The minimum atomic E-state index is 0.0594. The Morgan fingerprint density at radius 3 is 2.54 bits per heavy atom. The van der Waals surface area contributed by atoms with E-state index in [1.165, 1.54) is 0 Å². The number of benzene rings is 1. The van der Waals surface area contributed by atoms with Gasteiger partial charge in [-0.25, -0.2) is 0 Å². The van der Waals surface area contributed by atoms with Gasteiger partial charge in [-0.15, -0.1) is 11.8 Å². The average molecular weight is 397 g/mol. The Bertz CT molecular complexity index is 572. The molecule has 1 aliphatic rings. The third-order valence-corrected chi connectivity index (χ3v) is 5.96. The molecule has 144 valence electrons. The van der Waals surface area contributed by atoms with Crippen molar-refractivity contribution in [2.75, 3.05) is 25.4 Å². The van der Waals surface area contributed by atoms with E-state index in [0.29, 0.717) is 19.5 Å². The van der Waals surface area contributed by atoms with E-state index in [2.05, 4.69) is 12.2 Å². The van der Waals surface area contributed by atoms with E-state index in [4.69, 9.17) is 11.6 Å². The fourth-order valence-corrected chi connectivity index (χ4v) is 4.03. The van der Waals surface area contributed by atoms with Crippen LogP contribution in [0.25, 0.3) is 0 Å². The van der Waals surface area contributed by atoms with E-state index in [-0.39, 0.29) is 17.7 Å². The first-order valence-electron chi connectivity index (χ1n) is 9.54. The number of unbranched alkanes of at least 4 members (excludes halogenated alkanes) is 2. The van der Waals surface area contributed by atoms with Crippen LogP contribution >= 0.6 is 23.4 Å². The summed E-state index contributed by atoms with van der Waals surface area (Å²) in [4.78, 5) is 27.5. The summed E-state index contributed by atoms with van der Waals surface area (Å²) in [6.07, 6.45) is 5.44. The standard InChI is InChI=1S/C20H29ClN2O2S/c1-2-3-4-12-22-20(25)16-9-13-23(14-10-16)19(24)11-15-26-18-7-5-17(21)6-8-18/h5-8,16H,2-4,9-15H2,1H3,(H,22,25). The Morgan fingerprint density at radius 1 is 1.19 bits per heavy atom. The monoisotopic (exact) mass is 396 g/mol. The van der Waals surface area contributed by atoms with Gasteiger partial charge in [-0.3, -0.25) is 9.59 Å². The summed E-state index contributed by atoms with van der Waals surface area (Å²) < 4.78 is 0. The Balaban J connectivity index is 1.63. The van der Waals surface area contributed by atoms with Gasteiger partial charge in [-0.1, -0.05) is 31.4 Å². The maximum absolute atomic E-state index is 12.4. The summed E-state index contributed by atoms with van der Waals surface area (Å²) in [5, 5.41) is 3.76. The number of nitrogens with one attached hydrogen (secondary N) is 1. The average Bonchev–Trinajstić information content (AvgIpc) is 2.66. The summed E-state index contributed by atoms with van der Waals surface area (Å²) in [5.74, 6) is 1.17. The minimum Gasteiger partial charge on any atom is -0.356 e. The summed E-state index contributed by atoms with van der Waals surface area (Å²) >= 11 is 7.54. The molecule has 0 aliphatic carbocycles. The number of halogens is 1. The molecule has 0 atom stereocenters. The number of amides is 2. The first-order chi connectivity index (χ1) is 12.6. The summed E-state index contributed by atoms with van der Waals surface area (Å²) in [6.45, 7) is 4.31. The number of likely N-dealkylation sites (tertiary alicyclic amines) is 1. The van der Waals surface area contributed by atoms with E-state index in [1.54, 1.807) is 11.8 Å². The molecule has 6 heteroatoms. The molecule has 0 bridgehead atoms. The Kier molecular flexibility index (Phi) is 9.33. The highest BCUT2D eigenvalue weighted by atomic mass is 35.5. The number of hydrogen-bond donors (Lipinski definition) is 1. The zero-order chi connectivity index (χ0) is 18.8. The number of hydrogen-bond acceptors (Lipinski definition) is 3. The third kappa shape index (κ3) is 7.20. The van der Waals surface area contributed by atoms with Crippen LogP contribution in [-0.2, 0) is 9.59 Å². The largest absolute Gasteiger partial charge is 0.356 e. The molecule has 1 saturated heterocycles. The highest BCUT2D eigenvalue weighted by Crippen LogP contribution is 2.22. The summed E-state index contributed by atoms with van der Waals surface area (Å²) in [7, 11) is 0. The predicted octanol–water partition coefficient (Wildman–Crippen LogP) is 4.37. The Labute approximate surface area is 166 Å². The van der Waals surface area contributed by atoms with Gasteiger partial charge in [0.25, 0.3) is 0 Å². The first-order valence-corrected chi connectivity index (χ1v) is 10.9. The van der Waals surface area contributed by atoms with Gasteiger partial charge in [-0.05, 0) is 43.5 Å². The van der Waals surface area contributed by atoms with Crippen LogP contribution in [-0.4, -0.2) is 42.1 Å². The molecule has 1 fully saturated rings. The van der Waals surface area contributed by atoms with Crippen molar-refractivity contribution >= 4 is 35.2 Å². The van der Waals surface area contributed by atoms with Crippen molar-refractivity contribution in [1.82, 2.24) is 10.2 Å². The van der Waals surface area contributed by atoms with Crippen LogP contribution in [0.2, 0.25) is 5.02 Å². The number of nitrogens with zero attached hydrogens (tertiary/aromatic N) is 1. The van der Waals surface area contributed by atoms with Gasteiger partial charge in [0.05, 0.1) is 0 Å². The molecule has 0 unspecified atom stereocenters. The fourth-order valence-electron chi connectivity index (χ4n) is 3.07. The maximum Gasteiger partial charge on any atom is 0.223 e. The lowest BCUT2D eigenvalue weighted by atomic mass is 9.95. The molecule has 0 radical (unpaired) electrons. The molecule has 1 heterocycles. The molecule has 0 spiro atoms. The second-order valence-corrected chi connectivity index (χ2v) is 8.31. The molecule has 1 aliphatic heterocycles. The van der Waals surface area contributed by atoms with Crippen molar-refractivity contribution in [3.8, 4) is 0 Å². The molecule has 2 amide bonds. The van der Waals surface area contributed by atoms with Crippen molar-refractivity contribution in [3.05, 3.63) is 29.3 Å². The van der Waals surface area contributed by atoms with Crippen molar-refractivity contribution < 1.29 is 9.59 Å². The van der Waals surface area contributed by atoms with Gasteiger partial charge in [0.1, 0.15) is 0 Å². The Morgan fingerprint density at radius 2 is 1.88 bits per heavy atom. The van der Waals surface area contributed by atoms with Gasteiger partial charge < -0.3 is 10.2 Å². The zero-order valence-electron chi connectivity index (χ0n) is 15.5. The van der Waals surface area contributed by atoms with Crippen molar-refractivity contribution in [1.29, 1.82) is 0 Å². The highest BCUT2D eigenvalue weighted by Gasteiger charge is 2.26. The van der Waals surface area contributed by atoms with Gasteiger partial charge in [0.2, 0.25) is 11.8 Å². The van der Waals surface area contributed by atoms with Gasteiger partial charge >= 0.3 is 0 Å². The SMILES string of the molecule is CCCCCNC(=O)C1CCN(C(=O)CCSc2ccc(Cl)cc2)CC1. The molecular weight excluding hydrogens is 368 g/mol. The van der Waals surface area contributed by atoms with E-state index in [0.717, 1.165) is 54.3 Å². The highest BCUT2D eigenvalue weighted by molar-refractivity contribution is 7.99. The molecule has 0 aromatic heterocycles. The van der Waals surface area contributed by atoms with E-state index in [9.17, 15) is 9.59 Å². The quantitative estimate of drug-likeness (QED) is 0.498. The lowest BCUT2D eigenvalue weighted by molar-refractivity contribution is -0.135. The number of carbonyl (C=O) groups is 2. The third-order valence-electron chi connectivity index (χ3n) is 4.70. The molecule has 26 heavy (non-hydrogen) atoms. The van der Waals surface area contributed by atoms with Crippen LogP contribution in [0.4, 0.5) is 0 Å². The van der Waals surface area contributed by atoms with Crippen molar-refractivity contribution in [3.63, 3.8) is 0 Å². The predicted molar refractivity (Wildman–Crippen MR) is 109 cm³/mol. The first kappa shape index (κ1) is 21.1. The number of piperidine rings is 1. The van der Waals surface area contributed by atoms with Crippen LogP contribution in [0.1, 0.15) is 45.4 Å². The van der Waals surface area contributed by atoms with E-state index < -0.39 is 0 Å². The fraction of sp³-hybridized carbons (Fsp3) is 0.600. The molecule has 2 rings (SSSR count). The summed E-state index contributed by atoms with van der Waals surface area (Å²) in [6, 6.07) is 7.68. The summed E-state index contributed by atoms with van der Waals surface area (Å²) in [5.41, 5.74) is 0. The second kappa shape index (κ2) is 11.5. The molecular formula is C20H29ClN2O2S. The second-order valence-electron chi connectivity index (χ2n) is 6.71. The minimum absolute atomic E-state index is 0.0594. The molecule has 1 N–H and O–H groups in total. The van der Waals surface area contributed by atoms with Crippen LogP contribution in [0, 0.1) is 5.92 Å². The molecule has 4 nitrogen and oxygen atoms in total. The maximum atomic E-state index is 12.4. The van der Waals surface area contributed by atoms with Crippen LogP contribution in [0.3, 0.4) is 0 Å². The number of rotatable bonds is 9. The molecule has 1 aromatic rings. The van der Waals surface area contributed by atoms with Crippen molar-refractivity contribution in [2.24, 2.45) is 5.92 Å². The van der Waals surface area contributed by atoms with Gasteiger partial charge in [0, 0.05) is 47.6 Å². The zero-order valence-corrected chi connectivity index (χ0v) is 17.1. The Hall–Kier alpha value is -1.20. The van der Waals surface area contributed by atoms with E-state index >= 15 is 0 Å². The topological polar surface area (TPSA) is 49.4 Å². The van der Waals surface area contributed by atoms with Crippen LogP contribution in [0.15, 0.2) is 29.2 Å². The smallest absolute Gasteiger partial charge is 0.223 e. The van der Waals surface area contributed by atoms with Crippen LogP contribution in [0.5, 0.6) is 0 Å².